The van der Waals surface area contributed by atoms with E-state index in [0.29, 0.717) is 0 Å². The third-order valence-electron chi connectivity index (χ3n) is 2.96. The van der Waals surface area contributed by atoms with Gasteiger partial charge in [-0.05, 0) is 32.4 Å². The van der Waals surface area contributed by atoms with Gasteiger partial charge < -0.3 is 5.11 Å². The molecule has 0 aliphatic heterocycles. The maximum atomic E-state index is 12.2. The highest BCUT2D eigenvalue weighted by molar-refractivity contribution is 7.89. The monoisotopic (exact) mass is 335 g/mol. The van der Waals surface area contributed by atoms with Crippen molar-refractivity contribution in [3.63, 3.8) is 0 Å². The normalized spacial score (nSPS) is 14.0. The third kappa shape index (κ3) is 6.63. The summed E-state index contributed by atoms with van der Waals surface area (Å²) in [5.74, 6) is -1.22. The van der Waals surface area contributed by atoms with E-state index in [1.54, 1.807) is 36.4 Å². The molecule has 23 heavy (non-hydrogen) atoms. The first-order valence-electron chi connectivity index (χ1n) is 7.13. The second-order valence-corrected chi connectivity index (χ2v) is 6.61. The molecular weight excluding hydrogens is 314 g/mol. The molecule has 1 rings (SSSR count). The van der Waals surface area contributed by atoms with Crippen molar-refractivity contribution in [2.24, 2.45) is 0 Å². The summed E-state index contributed by atoms with van der Waals surface area (Å²) in [4.78, 5) is 11.3. The molecule has 0 amide bonds. The lowest BCUT2D eigenvalue weighted by atomic mass is 10.2. The maximum Gasteiger partial charge on any atom is 0.322 e. The molecule has 0 aromatic heterocycles. The van der Waals surface area contributed by atoms with Gasteiger partial charge in [0.1, 0.15) is 6.04 Å². The molecule has 1 atom stereocenters. The summed E-state index contributed by atoms with van der Waals surface area (Å²) >= 11 is 0. The van der Waals surface area contributed by atoms with Crippen LogP contribution in [-0.4, -0.2) is 25.5 Å². The maximum absolute atomic E-state index is 12.2. The van der Waals surface area contributed by atoms with Crippen molar-refractivity contribution in [1.29, 1.82) is 0 Å². The number of rotatable bonds is 8. The summed E-state index contributed by atoms with van der Waals surface area (Å²) in [5, 5.41) is 9.18. The topological polar surface area (TPSA) is 83.5 Å². The smallest absolute Gasteiger partial charge is 0.322 e. The molecule has 0 aliphatic carbocycles. The van der Waals surface area contributed by atoms with Gasteiger partial charge in [-0.25, -0.2) is 8.42 Å². The van der Waals surface area contributed by atoms with E-state index in [1.807, 2.05) is 26.0 Å². The van der Waals surface area contributed by atoms with Crippen molar-refractivity contribution in [2.75, 3.05) is 0 Å². The Labute approximate surface area is 137 Å². The zero-order valence-electron chi connectivity index (χ0n) is 13.1. The van der Waals surface area contributed by atoms with Crippen LogP contribution in [0.2, 0.25) is 0 Å². The van der Waals surface area contributed by atoms with E-state index in [9.17, 15) is 18.3 Å². The molecule has 124 valence electrons. The minimum absolute atomic E-state index is 0.0475. The largest absolute Gasteiger partial charge is 0.480 e. The highest BCUT2D eigenvalue weighted by Crippen LogP contribution is 2.11. The number of carboxylic acid groups (broad SMARTS) is 1. The SMILES string of the molecule is C/C=C\C=C/C=CCC(NS(=O)(=O)c1ccc(C)cc1)C(=O)O. The van der Waals surface area contributed by atoms with E-state index in [1.165, 1.54) is 12.1 Å². The Bertz CT molecular complexity index is 701. The Balaban J connectivity index is 2.79. The van der Waals surface area contributed by atoms with Crippen molar-refractivity contribution < 1.29 is 18.3 Å². The highest BCUT2D eigenvalue weighted by Gasteiger charge is 2.24. The average molecular weight is 335 g/mol. The van der Waals surface area contributed by atoms with Gasteiger partial charge in [-0.2, -0.15) is 4.72 Å². The summed E-state index contributed by atoms with van der Waals surface area (Å²) in [7, 11) is -3.87. The number of benzene rings is 1. The van der Waals surface area contributed by atoms with Crippen molar-refractivity contribution >= 4 is 16.0 Å². The first-order valence-corrected chi connectivity index (χ1v) is 8.61. The van der Waals surface area contributed by atoms with E-state index in [2.05, 4.69) is 4.72 Å². The Morgan fingerprint density at radius 1 is 1.17 bits per heavy atom. The molecule has 1 aromatic rings. The van der Waals surface area contributed by atoms with Gasteiger partial charge in [0.25, 0.3) is 0 Å². The van der Waals surface area contributed by atoms with Crippen molar-refractivity contribution in [3.8, 4) is 0 Å². The third-order valence-corrected chi connectivity index (χ3v) is 4.45. The first kappa shape index (κ1) is 18.9. The van der Waals surface area contributed by atoms with Gasteiger partial charge in [-0.3, -0.25) is 4.79 Å². The molecule has 1 aromatic carbocycles. The van der Waals surface area contributed by atoms with E-state index in [-0.39, 0.29) is 11.3 Å². The summed E-state index contributed by atoms with van der Waals surface area (Å²) < 4.78 is 26.6. The second-order valence-electron chi connectivity index (χ2n) is 4.90. The second kappa shape index (κ2) is 9.07. The van der Waals surface area contributed by atoms with Gasteiger partial charge in [0.15, 0.2) is 0 Å². The van der Waals surface area contributed by atoms with Gasteiger partial charge in [-0.1, -0.05) is 54.2 Å². The summed E-state index contributed by atoms with van der Waals surface area (Å²) in [6.07, 6.45) is 10.6. The molecule has 0 radical (unpaired) electrons. The van der Waals surface area contributed by atoms with E-state index < -0.39 is 22.0 Å². The lowest BCUT2D eigenvalue weighted by molar-refractivity contribution is -0.138. The molecular formula is C17H21NO4S. The van der Waals surface area contributed by atoms with Crippen LogP contribution in [0.3, 0.4) is 0 Å². The van der Waals surface area contributed by atoms with Gasteiger partial charge in [0.2, 0.25) is 10.0 Å². The lowest BCUT2D eigenvalue weighted by Gasteiger charge is -2.13. The molecule has 0 fully saturated rings. The fourth-order valence-corrected chi connectivity index (χ4v) is 2.91. The zero-order chi connectivity index (χ0) is 17.3. The number of aliphatic carboxylic acids is 1. The molecule has 0 heterocycles. The van der Waals surface area contributed by atoms with Crippen LogP contribution < -0.4 is 4.72 Å². The first-order chi connectivity index (χ1) is 10.9. The van der Waals surface area contributed by atoms with Crippen molar-refractivity contribution in [2.45, 2.75) is 31.2 Å². The number of allylic oxidation sites excluding steroid dienone is 5. The molecule has 1 unspecified atom stereocenters. The Morgan fingerprint density at radius 3 is 2.35 bits per heavy atom. The minimum atomic E-state index is -3.87. The predicted octanol–water partition coefficient (Wildman–Crippen LogP) is 2.81. The number of hydrogen-bond acceptors (Lipinski definition) is 3. The number of hydrogen-bond donors (Lipinski definition) is 2. The van der Waals surface area contributed by atoms with E-state index in [4.69, 9.17) is 0 Å². The van der Waals surface area contributed by atoms with Crippen molar-refractivity contribution in [3.05, 3.63) is 66.3 Å². The van der Waals surface area contributed by atoms with E-state index >= 15 is 0 Å². The number of carbonyl (C=O) groups is 1. The fraction of sp³-hybridized carbons (Fsp3) is 0.235. The van der Waals surface area contributed by atoms with Crippen LogP contribution in [0.4, 0.5) is 0 Å². The summed E-state index contributed by atoms with van der Waals surface area (Å²) in [5.41, 5.74) is 0.926. The number of nitrogens with one attached hydrogen (secondary N) is 1. The molecule has 6 heteroatoms. The van der Waals surface area contributed by atoms with Crippen LogP contribution in [0, 0.1) is 6.92 Å². The Morgan fingerprint density at radius 2 is 1.78 bits per heavy atom. The van der Waals surface area contributed by atoms with Crippen LogP contribution in [-0.2, 0) is 14.8 Å². The van der Waals surface area contributed by atoms with Gasteiger partial charge in [-0.15, -0.1) is 0 Å². The molecule has 0 spiro atoms. The molecule has 5 nitrogen and oxygen atoms in total. The van der Waals surface area contributed by atoms with Gasteiger partial charge in [0.05, 0.1) is 4.90 Å². The van der Waals surface area contributed by atoms with Gasteiger partial charge in [0, 0.05) is 0 Å². The van der Waals surface area contributed by atoms with Crippen LogP contribution in [0.5, 0.6) is 0 Å². The minimum Gasteiger partial charge on any atom is -0.480 e. The molecule has 2 N–H and O–H groups in total. The van der Waals surface area contributed by atoms with Crippen LogP contribution >= 0.6 is 0 Å². The Kier molecular flexibility index (Phi) is 7.44. The van der Waals surface area contributed by atoms with Crippen LogP contribution in [0.15, 0.2) is 65.6 Å². The van der Waals surface area contributed by atoms with E-state index in [0.717, 1.165) is 5.56 Å². The van der Waals surface area contributed by atoms with Crippen LogP contribution in [0.1, 0.15) is 18.9 Å². The molecule has 0 saturated heterocycles. The van der Waals surface area contributed by atoms with Gasteiger partial charge >= 0.3 is 5.97 Å². The highest BCUT2D eigenvalue weighted by atomic mass is 32.2. The number of sulfonamides is 1. The number of carboxylic acids is 1. The quantitative estimate of drug-likeness (QED) is 0.716. The Hall–Kier alpha value is -2.18. The standard InChI is InChI=1S/C17H21NO4S/c1-3-4-5-6-7-8-9-16(17(19)20)18-23(21,22)15-12-10-14(2)11-13-15/h3-8,10-13,16,18H,9H2,1-2H3,(H,19,20)/b4-3-,6-5-,8-7?. The average Bonchev–Trinajstić information content (AvgIpc) is 2.49. The fourth-order valence-electron chi connectivity index (χ4n) is 1.70. The molecule has 0 saturated carbocycles. The van der Waals surface area contributed by atoms with Crippen molar-refractivity contribution in [1.82, 2.24) is 4.72 Å². The zero-order valence-corrected chi connectivity index (χ0v) is 14.0. The molecule has 0 bridgehead atoms. The molecule has 0 aliphatic rings. The summed E-state index contributed by atoms with van der Waals surface area (Å²) in [6, 6.07) is 5.01. The lowest BCUT2D eigenvalue weighted by Crippen LogP contribution is -2.40. The predicted molar refractivity (Wildman–Crippen MR) is 90.6 cm³/mol. The summed E-state index contributed by atoms with van der Waals surface area (Å²) in [6.45, 7) is 3.73. The number of aryl methyl sites for hydroxylation is 1. The van der Waals surface area contributed by atoms with Crippen LogP contribution in [0.25, 0.3) is 0 Å².